The largest absolute Gasteiger partial charge is 0.573 e. The third-order valence-electron chi connectivity index (χ3n) is 6.82. The number of carbonyl (C=O) groups is 1. The van der Waals surface area contributed by atoms with Gasteiger partial charge in [-0.15, -0.1) is 18.3 Å². The van der Waals surface area contributed by atoms with Crippen LogP contribution in [0, 0.1) is 0 Å². The number of nitrogens with one attached hydrogen (secondary N) is 1. The highest BCUT2D eigenvalue weighted by atomic mass is 32.2. The number of hydrogen-bond donors (Lipinski definition) is 1. The number of benzene rings is 3. The van der Waals surface area contributed by atoms with E-state index in [1.807, 2.05) is 55.5 Å². The number of halogens is 3. The molecule has 1 aliphatic heterocycles. The van der Waals surface area contributed by atoms with Crippen LogP contribution in [0.4, 0.5) is 18.9 Å². The van der Waals surface area contributed by atoms with E-state index in [0.29, 0.717) is 28.2 Å². The van der Waals surface area contributed by atoms with Gasteiger partial charge >= 0.3 is 6.36 Å². The molecule has 0 saturated carbocycles. The Labute approximate surface area is 262 Å². The van der Waals surface area contributed by atoms with Crippen molar-refractivity contribution in [2.45, 2.75) is 33.1 Å². The van der Waals surface area contributed by atoms with Crippen LogP contribution in [0.5, 0.6) is 11.5 Å². The number of hydrogen-bond acceptors (Lipinski definition) is 8. The molecule has 4 aromatic rings. The predicted molar refractivity (Wildman–Crippen MR) is 170 cm³/mol. The van der Waals surface area contributed by atoms with Crippen LogP contribution in [0.1, 0.15) is 37.8 Å². The average molecular weight is 637 g/mol. The van der Waals surface area contributed by atoms with Crippen LogP contribution in [0.25, 0.3) is 23.2 Å². The predicted octanol–water partition coefficient (Wildman–Crippen LogP) is 7.01. The normalized spacial score (nSPS) is 14.8. The second-order valence-electron chi connectivity index (χ2n) is 10.4. The van der Waals surface area contributed by atoms with Crippen molar-refractivity contribution in [3.8, 4) is 28.6 Å². The molecule has 5 rings (SSSR count). The van der Waals surface area contributed by atoms with Gasteiger partial charge < -0.3 is 14.8 Å². The number of amides is 1. The van der Waals surface area contributed by atoms with Gasteiger partial charge in [-0.25, -0.2) is 14.7 Å². The zero-order valence-electron chi connectivity index (χ0n) is 25.0. The first-order valence-corrected chi connectivity index (χ1v) is 15.0. The Kier molecular flexibility index (Phi) is 9.47. The third kappa shape index (κ3) is 7.85. The average Bonchev–Trinajstić information content (AvgIpc) is 3.64. The van der Waals surface area contributed by atoms with Crippen LogP contribution in [-0.2, 0) is 4.79 Å². The first kappa shape index (κ1) is 31.6. The second-order valence-corrected chi connectivity index (χ2v) is 11.3. The van der Waals surface area contributed by atoms with Crippen molar-refractivity contribution < 1.29 is 27.4 Å². The zero-order chi connectivity index (χ0) is 32.1. The molecule has 9 nitrogen and oxygen atoms in total. The fraction of sp³-hybridized carbons (Fsp3) is 0.250. The number of methoxy groups -OCH3 is 1. The van der Waals surface area contributed by atoms with E-state index < -0.39 is 6.36 Å². The summed E-state index contributed by atoms with van der Waals surface area (Å²) >= 11 is 1.41. The summed E-state index contributed by atoms with van der Waals surface area (Å²) in [5.74, 6) is 1.36. The molecule has 0 unspecified atom stereocenters. The van der Waals surface area contributed by atoms with Crippen molar-refractivity contribution in [3.63, 3.8) is 0 Å². The molecule has 45 heavy (non-hydrogen) atoms. The number of anilines is 1. The lowest BCUT2D eigenvalue weighted by Crippen LogP contribution is -2.31. The van der Waals surface area contributed by atoms with Crippen LogP contribution in [-0.4, -0.2) is 51.7 Å². The Balaban J connectivity index is 1.22. The van der Waals surface area contributed by atoms with E-state index in [9.17, 15) is 18.0 Å². The Hall–Kier alpha value is -4.78. The number of thioether (sulfide) groups is 1. The first-order chi connectivity index (χ1) is 21.5. The molecule has 0 spiro atoms. The summed E-state index contributed by atoms with van der Waals surface area (Å²) in [5.41, 5.74) is 4.99. The molecule has 1 saturated heterocycles. The molecule has 0 radical (unpaired) electrons. The number of alkyl halides is 3. The molecular formula is C32H31F3N6O3S. The van der Waals surface area contributed by atoms with E-state index in [2.05, 4.69) is 39.0 Å². The van der Waals surface area contributed by atoms with E-state index in [1.165, 1.54) is 47.0 Å². The van der Waals surface area contributed by atoms with Gasteiger partial charge in [0.05, 0.1) is 24.2 Å². The van der Waals surface area contributed by atoms with E-state index in [4.69, 9.17) is 4.74 Å². The van der Waals surface area contributed by atoms with Gasteiger partial charge in [0.25, 0.3) is 0 Å². The van der Waals surface area contributed by atoms with Gasteiger partial charge in [0.15, 0.2) is 11.0 Å². The SMILES string of the molecule is COc1ccc(C(C)C)c(N2C(=O)CS/C2=N\CN/C(C)=C/c2ccc(-c3ncn(-c4ccc(OC(F)(F)F)cc4)n3)cc2)c1. The molecule has 1 aliphatic rings. The Morgan fingerprint density at radius 3 is 2.47 bits per heavy atom. The van der Waals surface area contributed by atoms with Crippen molar-refractivity contribution in [1.29, 1.82) is 0 Å². The number of allylic oxidation sites excluding steroid dienone is 1. The van der Waals surface area contributed by atoms with Gasteiger partial charge in [0.1, 0.15) is 24.5 Å². The van der Waals surface area contributed by atoms with Crippen molar-refractivity contribution in [2.75, 3.05) is 24.4 Å². The maximum absolute atomic E-state index is 12.9. The maximum Gasteiger partial charge on any atom is 0.573 e. The minimum absolute atomic E-state index is 0.0194. The van der Waals surface area contributed by atoms with E-state index in [0.717, 1.165) is 28.1 Å². The first-order valence-electron chi connectivity index (χ1n) is 14.0. The molecule has 1 aromatic heterocycles. The molecule has 0 atom stereocenters. The van der Waals surface area contributed by atoms with Crippen LogP contribution in [0.15, 0.2) is 83.7 Å². The van der Waals surface area contributed by atoms with E-state index >= 15 is 0 Å². The molecular weight excluding hydrogens is 605 g/mol. The minimum atomic E-state index is -4.75. The standard InChI is InChI=1S/C32H31F3N6O3S/c1-20(2)27-14-13-26(43-4)16-28(27)41-29(42)17-45-31(41)37-18-36-21(3)15-22-5-7-23(8-6-22)30-38-19-40(39-30)24-9-11-25(12-10-24)44-32(33,34)35/h5-16,19-20,36H,17-18H2,1-4H3/b21-15+,37-31-. The van der Waals surface area contributed by atoms with Crippen molar-refractivity contribution in [3.05, 3.63) is 89.9 Å². The van der Waals surface area contributed by atoms with Gasteiger partial charge in [-0.05, 0) is 60.4 Å². The number of aromatic nitrogens is 3. The van der Waals surface area contributed by atoms with Gasteiger partial charge in [0.2, 0.25) is 5.91 Å². The van der Waals surface area contributed by atoms with E-state index in [1.54, 1.807) is 12.0 Å². The lowest BCUT2D eigenvalue weighted by atomic mass is 10.00. The van der Waals surface area contributed by atoms with Gasteiger partial charge in [0, 0.05) is 17.3 Å². The summed E-state index contributed by atoms with van der Waals surface area (Å²) in [6, 6.07) is 18.8. The summed E-state index contributed by atoms with van der Waals surface area (Å²) in [7, 11) is 1.60. The third-order valence-corrected chi connectivity index (χ3v) is 7.78. The molecule has 0 aliphatic carbocycles. The number of nitrogens with zero attached hydrogens (tertiary/aromatic N) is 5. The summed E-state index contributed by atoms with van der Waals surface area (Å²) in [6.07, 6.45) is -1.28. The molecule has 1 N–H and O–H groups in total. The molecule has 1 amide bonds. The fourth-order valence-corrected chi connectivity index (χ4v) is 5.50. The number of rotatable bonds is 10. The monoisotopic (exact) mass is 636 g/mol. The Morgan fingerprint density at radius 1 is 1.09 bits per heavy atom. The van der Waals surface area contributed by atoms with Crippen molar-refractivity contribution in [2.24, 2.45) is 4.99 Å². The molecule has 0 bridgehead atoms. The Bertz CT molecular complexity index is 1720. The Morgan fingerprint density at radius 2 is 1.80 bits per heavy atom. The van der Waals surface area contributed by atoms with Gasteiger partial charge in [-0.3, -0.25) is 9.69 Å². The summed E-state index contributed by atoms with van der Waals surface area (Å²) in [5, 5.41) is 8.37. The molecule has 13 heteroatoms. The van der Waals surface area contributed by atoms with Gasteiger partial charge in [-0.2, -0.15) is 0 Å². The summed E-state index contributed by atoms with van der Waals surface area (Å²) in [4.78, 5) is 23.6. The van der Waals surface area contributed by atoms with Crippen LogP contribution in [0.3, 0.4) is 0 Å². The summed E-state index contributed by atoms with van der Waals surface area (Å²) in [6.45, 7) is 6.40. The smallest absolute Gasteiger partial charge is 0.497 e. The lowest BCUT2D eigenvalue weighted by molar-refractivity contribution is -0.274. The van der Waals surface area contributed by atoms with Crippen molar-refractivity contribution >= 4 is 34.6 Å². The number of carbonyl (C=O) groups excluding carboxylic acids is 1. The van der Waals surface area contributed by atoms with E-state index in [-0.39, 0.29) is 24.2 Å². The highest BCUT2D eigenvalue weighted by Gasteiger charge is 2.32. The topological polar surface area (TPSA) is 93.9 Å². The number of ether oxygens (including phenoxy) is 2. The quantitative estimate of drug-likeness (QED) is 0.200. The molecule has 3 aromatic carbocycles. The number of amidine groups is 1. The maximum atomic E-state index is 12.9. The number of aliphatic imine (C=N–C) groups is 1. The highest BCUT2D eigenvalue weighted by molar-refractivity contribution is 8.15. The van der Waals surface area contributed by atoms with Crippen molar-refractivity contribution in [1.82, 2.24) is 20.1 Å². The van der Waals surface area contributed by atoms with Crippen LogP contribution >= 0.6 is 11.8 Å². The highest BCUT2D eigenvalue weighted by Crippen LogP contribution is 2.36. The molecule has 234 valence electrons. The zero-order valence-corrected chi connectivity index (χ0v) is 25.8. The fourth-order valence-electron chi connectivity index (χ4n) is 4.63. The van der Waals surface area contributed by atoms with Crippen LogP contribution in [0.2, 0.25) is 0 Å². The minimum Gasteiger partial charge on any atom is -0.497 e. The molecule has 2 heterocycles. The van der Waals surface area contributed by atoms with Crippen LogP contribution < -0.4 is 19.7 Å². The second kappa shape index (κ2) is 13.5. The van der Waals surface area contributed by atoms with Gasteiger partial charge in [-0.1, -0.05) is 55.9 Å². The lowest BCUT2D eigenvalue weighted by Gasteiger charge is -2.22. The molecule has 1 fully saturated rings. The summed E-state index contributed by atoms with van der Waals surface area (Å²) < 4.78 is 48.1.